The zero-order valence-corrected chi connectivity index (χ0v) is 9.96. The highest BCUT2D eigenvalue weighted by Crippen LogP contribution is 2.15. The Balaban J connectivity index is 2.65. The van der Waals surface area contributed by atoms with E-state index in [-0.39, 0.29) is 24.4 Å². The molecule has 0 spiro atoms. The topological polar surface area (TPSA) is 78.5 Å². The number of imide groups is 1. The summed E-state index contributed by atoms with van der Waals surface area (Å²) >= 11 is 0. The van der Waals surface area contributed by atoms with Gasteiger partial charge >= 0.3 is 6.03 Å². The van der Waals surface area contributed by atoms with E-state index in [4.69, 9.17) is 0 Å². The summed E-state index contributed by atoms with van der Waals surface area (Å²) < 4.78 is 0. The van der Waals surface area contributed by atoms with Crippen molar-refractivity contribution in [1.82, 2.24) is 15.5 Å². The molecule has 0 radical (unpaired) electrons. The van der Waals surface area contributed by atoms with Crippen molar-refractivity contribution in [2.24, 2.45) is 0 Å². The molecule has 16 heavy (non-hydrogen) atoms. The minimum Gasteiger partial charge on any atom is -0.352 e. The molecular weight excluding hydrogens is 210 g/mol. The lowest BCUT2D eigenvalue weighted by atomic mass is 10.1. The van der Waals surface area contributed by atoms with Crippen LogP contribution in [0.3, 0.4) is 0 Å². The Bertz CT molecular complexity index is 336. The molecule has 1 fully saturated rings. The van der Waals surface area contributed by atoms with Crippen LogP contribution in [0.25, 0.3) is 0 Å². The summed E-state index contributed by atoms with van der Waals surface area (Å²) in [6.07, 6.45) is 0. The summed E-state index contributed by atoms with van der Waals surface area (Å²) in [6, 6.07) is -0.532. The van der Waals surface area contributed by atoms with Gasteiger partial charge in [-0.15, -0.1) is 0 Å². The monoisotopic (exact) mass is 227 g/mol. The van der Waals surface area contributed by atoms with Crippen LogP contribution in [0.2, 0.25) is 0 Å². The van der Waals surface area contributed by atoms with Gasteiger partial charge < -0.3 is 10.6 Å². The minimum absolute atomic E-state index is 0.0127. The summed E-state index contributed by atoms with van der Waals surface area (Å²) in [5.74, 6) is -0.715. The van der Waals surface area contributed by atoms with Gasteiger partial charge in [-0.1, -0.05) is 0 Å². The minimum atomic E-state index is -0.921. The van der Waals surface area contributed by atoms with Crippen LogP contribution in [0.4, 0.5) is 4.79 Å². The van der Waals surface area contributed by atoms with E-state index in [0.717, 1.165) is 4.90 Å². The summed E-state index contributed by atoms with van der Waals surface area (Å²) in [7, 11) is 0. The SMILES string of the molecule is CC(C)NC(=O)CN1C(=O)NC(C)(C)C1=O. The Kier molecular flexibility index (Phi) is 3.21. The fraction of sp³-hybridized carbons (Fsp3) is 0.700. The summed E-state index contributed by atoms with van der Waals surface area (Å²) in [6.45, 7) is 6.61. The van der Waals surface area contributed by atoms with E-state index in [1.54, 1.807) is 13.8 Å². The van der Waals surface area contributed by atoms with Gasteiger partial charge in [-0.2, -0.15) is 0 Å². The van der Waals surface area contributed by atoms with Crippen molar-refractivity contribution in [3.8, 4) is 0 Å². The largest absolute Gasteiger partial charge is 0.352 e. The molecule has 0 aromatic rings. The van der Waals surface area contributed by atoms with Crippen LogP contribution >= 0.6 is 0 Å². The van der Waals surface area contributed by atoms with Crippen LogP contribution in [0.1, 0.15) is 27.7 Å². The number of carbonyl (C=O) groups excluding carboxylic acids is 3. The van der Waals surface area contributed by atoms with Gasteiger partial charge in [0.1, 0.15) is 12.1 Å². The average Bonchev–Trinajstić information content (AvgIpc) is 2.26. The Hall–Kier alpha value is -1.59. The first kappa shape index (κ1) is 12.5. The van der Waals surface area contributed by atoms with Crippen molar-refractivity contribution in [2.75, 3.05) is 6.54 Å². The van der Waals surface area contributed by atoms with Crippen LogP contribution < -0.4 is 10.6 Å². The molecule has 90 valence electrons. The molecular formula is C10H17N3O3. The Labute approximate surface area is 94.4 Å². The highest BCUT2D eigenvalue weighted by molar-refractivity contribution is 6.08. The normalized spacial score (nSPS) is 18.9. The van der Waals surface area contributed by atoms with Gasteiger partial charge in [-0.05, 0) is 27.7 Å². The van der Waals surface area contributed by atoms with Gasteiger partial charge in [0.15, 0.2) is 0 Å². The lowest BCUT2D eigenvalue weighted by Gasteiger charge is -2.16. The summed E-state index contributed by atoms with van der Waals surface area (Å²) in [5.41, 5.74) is -0.921. The second-order valence-electron chi connectivity index (χ2n) is 4.67. The molecule has 0 atom stereocenters. The number of urea groups is 1. The third kappa shape index (κ3) is 2.50. The Morgan fingerprint density at radius 1 is 1.44 bits per heavy atom. The molecule has 0 aromatic carbocycles. The number of nitrogens with one attached hydrogen (secondary N) is 2. The van der Waals surface area contributed by atoms with Crippen LogP contribution in [-0.4, -0.2) is 40.9 Å². The predicted molar refractivity (Wildman–Crippen MR) is 57.6 cm³/mol. The molecule has 1 saturated heterocycles. The van der Waals surface area contributed by atoms with E-state index in [1.807, 2.05) is 13.8 Å². The molecule has 0 saturated carbocycles. The lowest BCUT2D eigenvalue weighted by molar-refractivity contribution is -0.134. The highest BCUT2D eigenvalue weighted by Gasteiger charge is 2.44. The van der Waals surface area contributed by atoms with Crippen LogP contribution in [0, 0.1) is 0 Å². The van der Waals surface area contributed by atoms with Gasteiger partial charge in [-0.25, -0.2) is 4.79 Å². The van der Waals surface area contributed by atoms with Gasteiger partial charge in [-0.3, -0.25) is 14.5 Å². The van der Waals surface area contributed by atoms with Crippen LogP contribution in [0.5, 0.6) is 0 Å². The summed E-state index contributed by atoms with van der Waals surface area (Å²) in [5, 5.41) is 5.13. The maximum atomic E-state index is 11.7. The molecule has 0 aliphatic carbocycles. The smallest absolute Gasteiger partial charge is 0.325 e. The zero-order valence-electron chi connectivity index (χ0n) is 9.96. The van der Waals surface area contributed by atoms with Crippen molar-refractivity contribution in [3.05, 3.63) is 0 Å². The van der Waals surface area contributed by atoms with Crippen molar-refractivity contribution >= 4 is 17.8 Å². The third-order valence-corrected chi connectivity index (χ3v) is 2.20. The van der Waals surface area contributed by atoms with Gasteiger partial charge in [0.25, 0.3) is 5.91 Å². The number of hydrogen-bond donors (Lipinski definition) is 2. The van der Waals surface area contributed by atoms with E-state index >= 15 is 0 Å². The first-order valence-corrected chi connectivity index (χ1v) is 5.17. The average molecular weight is 227 g/mol. The van der Waals surface area contributed by atoms with Crippen molar-refractivity contribution in [3.63, 3.8) is 0 Å². The lowest BCUT2D eigenvalue weighted by Crippen LogP contribution is -2.44. The fourth-order valence-electron chi connectivity index (χ4n) is 1.47. The standard InChI is InChI=1S/C10H17N3O3/c1-6(2)11-7(14)5-13-8(15)10(3,4)12-9(13)16/h6H,5H2,1-4H3,(H,11,14)(H,12,16). The molecule has 6 nitrogen and oxygen atoms in total. The molecule has 2 N–H and O–H groups in total. The number of hydrogen-bond acceptors (Lipinski definition) is 3. The van der Waals surface area contributed by atoms with Gasteiger partial charge in [0, 0.05) is 6.04 Å². The first-order valence-electron chi connectivity index (χ1n) is 5.17. The fourth-order valence-corrected chi connectivity index (χ4v) is 1.47. The molecule has 0 aromatic heterocycles. The van der Waals surface area contributed by atoms with E-state index in [9.17, 15) is 14.4 Å². The predicted octanol–water partition coefficient (Wildman–Crippen LogP) is -0.159. The maximum Gasteiger partial charge on any atom is 0.325 e. The quantitative estimate of drug-likeness (QED) is 0.658. The zero-order chi connectivity index (χ0) is 12.5. The molecule has 0 bridgehead atoms. The van der Waals surface area contributed by atoms with E-state index in [1.165, 1.54) is 0 Å². The number of amides is 4. The molecule has 1 aliphatic heterocycles. The van der Waals surface area contributed by atoms with Crippen molar-refractivity contribution in [1.29, 1.82) is 0 Å². The second-order valence-corrected chi connectivity index (χ2v) is 4.67. The van der Waals surface area contributed by atoms with E-state index in [2.05, 4.69) is 10.6 Å². The highest BCUT2D eigenvalue weighted by atomic mass is 16.2. The molecule has 1 heterocycles. The molecule has 1 rings (SSSR count). The number of nitrogens with zero attached hydrogens (tertiary/aromatic N) is 1. The van der Waals surface area contributed by atoms with Crippen molar-refractivity contribution < 1.29 is 14.4 Å². The number of carbonyl (C=O) groups is 3. The molecule has 4 amide bonds. The molecule has 0 unspecified atom stereocenters. The molecule has 1 aliphatic rings. The van der Waals surface area contributed by atoms with Crippen LogP contribution in [-0.2, 0) is 9.59 Å². The van der Waals surface area contributed by atoms with Crippen molar-refractivity contribution in [2.45, 2.75) is 39.3 Å². The van der Waals surface area contributed by atoms with Gasteiger partial charge in [0.05, 0.1) is 0 Å². The van der Waals surface area contributed by atoms with Gasteiger partial charge in [0.2, 0.25) is 5.91 Å². The van der Waals surface area contributed by atoms with Crippen LogP contribution in [0.15, 0.2) is 0 Å². The second kappa shape index (κ2) is 4.11. The number of rotatable bonds is 3. The Morgan fingerprint density at radius 3 is 2.38 bits per heavy atom. The molecule has 6 heteroatoms. The summed E-state index contributed by atoms with van der Waals surface area (Å²) in [4.78, 5) is 35.5. The third-order valence-electron chi connectivity index (χ3n) is 2.20. The maximum absolute atomic E-state index is 11.7. The van der Waals surface area contributed by atoms with E-state index in [0.29, 0.717) is 0 Å². The first-order chi connectivity index (χ1) is 7.24. The van der Waals surface area contributed by atoms with E-state index < -0.39 is 11.6 Å². The Morgan fingerprint density at radius 2 is 2.00 bits per heavy atom.